The van der Waals surface area contributed by atoms with E-state index in [4.69, 9.17) is 6.42 Å². The summed E-state index contributed by atoms with van der Waals surface area (Å²) in [5, 5.41) is 10.7. The molecule has 0 unspecified atom stereocenters. The molecule has 2 aromatic heterocycles. The quantitative estimate of drug-likeness (QED) is 0.350. The topological polar surface area (TPSA) is 77.5 Å². The molecule has 138 valence electrons. The Morgan fingerprint density at radius 1 is 1.33 bits per heavy atom. The number of hydrogen-bond donors (Lipinski definition) is 0. The zero-order chi connectivity index (χ0) is 19.4. The summed E-state index contributed by atoms with van der Waals surface area (Å²) in [7, 11) is 0. The third-order valence-electron chi connectivity index (χ3n) is 4.00. The summed E-state index contributed by atoms with van der Waals surface area (Å²) >= 11 is 2.22. The number of aromatic nitrogens is 1. The van der Waals surface area contributed by atoms with Gasteiger partial charge in [-0.2, -0.15) is 4.99 Å². The normalized spacial score (nSPS) is 11.6. The fraction of sp³-hybridized carbons (Fsp3) is 0.263. The number of carbonyl (C=O) groups excluding carboxylic acids is 1. The highest BCUT2D eigenvalue weighted by Crippen LogP contribution is 2.25. The molecule has 0 atom stereocenters. The van der Waals surface area contributed by atoms with Gasteiger partial charge < -0.3 is 4.57 Å². The van der Waals surface area contributed by atoms with Gasteiger partial charge in [0.25, 0.3) is 5.91 Å². The number of rotatable bonds is 6. The first kappa shape index (κ1) is 19.0. The number of thiazole rings is 1. The van der Waals surface area contributed by atoms with E-state index >= 15 is 0 Å². The summed E-state index contributed by atoms with van der Waals surface area (Å²) in [4.78, 5) is 27.7. The van der Waals surface area contributed by atoms with Crippen LogP contribution in [0.25, 0.3) is 10.2 Å². The Hall–Kier alpha value is -2.76. The molecule has 6 nitrogen and oxygen atoms in total. The number of carbonyl (C=O) groups is 1. The van der Waals surface area contributed by atoms with Crippen molar-refractivity contribution in [2.24, 2.45) is 4.99 Å². The summed E-state index contributed by atoms with van der Waals surface area (Å²) in [6.45, 7) is 2.45. The SMILES string of the molecule is C#CCn1c(=NC(=O)c2ccc([N+](=O)[O-])s2)sc2cc(CCCC)ccc21. The van der Waals surface area contributed by atoms with Crippen molar-refractivity contribution in [3.8, 4) is 12.3 Å². The average molecular weight is 399 g/mol. The van der Waals surface area contributed by atoms with E-state index in [1.807, 2.05) is 10.6 Å². The van der Waals surface area contributed by atoms with Gasteiger partial charge in [0.15, 0.2) is 4.80 Å². The zero-order valence-corrected chi connectivity index (χ0v) is 16.3. The van der Waals surface area contributed by atoms with Crippen LogP contribution in [0.5, 0.6) is 0 Å². The number of nitro groups is 1. The lowest BCUT2D eigenvalue weighted by Crippen LogP contribution is -2.16. The highest BCUT2D eigenvalue weighted by Gasteiger charge is 2.15. The van der Waals surface area contributed by atoms with Gasteiger partial charge in [0.2, 0.25) is 0 Å². The van der Waals surface area contributed by atoms with Crippen LogP contribution in [-0.4, -0.2) is 15.4 Å². The second kappa shape index (κ2) is 8.29. The molecule has 3 aromatic rings. The van der Waals surface area contributed by atoms with Gasteiger partial charge in [-0.15, -0.1) is 6.42 Å². The Balaban J connectivity index is 2.04. The Bertz CT molecular complexity index is 1120. The van der Waals surface area contributed by atoms with Crippen molar-refractivity contribution in [1.82, 2.24) is 4.57 Å². The molecule has 0 saturated carbocycles. The van der Waals surface area contributed by atoms with E-state index in [1.165, 1.54) is 29.0 Å². The number of benzene rings is 1. The fourth-order valence-electron chi connectivity index (χ4n) is 2.67. The predicted molar refractivity (Wildman–Crippen MR) is 108 cm³/mol. The van der Waals surface area contributed by atoms with Crippen LogP contribution < -0.4 is 4.80 Å². The van der Waals surface area contributed by atoms with Gasteiger partial charge in [0, 0.05) is 6.07 Å². The molecule has 0 saturated heterocycles. The maximum absolute atomic E-state index is 12.5. The second-order valence-corrected chi connectivity index (χ2v) is 7.96. The summed E-state index contributed by atoms with van der Waals surface area (Å²) in [5.74, 6) is 2.09. The largest absolute Gasteiger partial charge is 0.324 e. The Labute approximate surface area is 164 Å². The van der Waals surface area contributed by atoms with Gasteiger partial charge in [-0.3, -0.25) is 14.9 Å². The minimum absolute atomic E-state index is 0.0815. The maximum atomic E-state index is 12.5. The van der Waals surface area contributed by atoms with E-state index in [-0.39, 0.29) is 9.88 Å². The molecule has 0 radical (unpaired) electrons. The van der Waals surface area contributed by atoms with Gasteiger partial charge in [-0.1, -0.05) is 48.0 Å². The van der Waals surface area contributed by atoms with Crippen molar-refractivity contribution in [2.45, 2.75) is 32.7 Å². The molecular formula is C19H17N3O3S2. The molecule has 0 bridgehead atoms. The Morgan fingerprint density at radius 2 is 2.15 bits per heavy atom. The van der Waals surface area contributed by atoms with Crippen LogP contribution in [0.15, 0.2) is 35.3 Å². The minimum atomic E-state index is -0.517. The molecule has 0 aliphatic heterocycles. The van der Waals surface area contributed by atoms with Crippen molar-refractivity contribution in [3.63, 3.8) is 0 Å². The summed E-state index contributed by atoms with van der Waals surface area (Å²) in [6, 6.07) is 8.94. The number of aryl methyl sites for hydroxylation is 1. The van der Waals surface area contributed by atoms with Crippen LogP contribution in [0.2, 0.25) is 0 Å². The van der Waals surface area contributed by atoms with Gasteiger partial charge in [-0.25, -0.2) is 0 Å². The molecule has 0 fully saturated rings. The number of nitrogens with zero attached hydrogens (tertiary/aromatic N) is 3. The standard InChI is InChI=1S/C19H17N3O3S2/c1-3-5-6-13-7-8-14-16(12-13)27-19(21(14)11-4-2)20-18(23)15-9-10-17(26-15)22(24)25/h2,7-10,12H,3,5-6,11H2,1H3. The van der Waals surface area contributed by atoms with Gasteiger partial charge in [0.1, 0.15) is 4.88 Å². The molecule has 1 amide bonds. The van der Waals surface area contributed by atoms with E-state index in [9.17, 15) is 14.9 Å². The number of hydrogen-bond acceptors (Lipinski definition) is 5. The molecule has 27 heavy (non-hydrogen) atoms. The van der Waals surface area contributed by atoms with Crippen molar-refractivity contribution < 1.29 is 9.72 Å². The van der Waals surface area contributed by atoms with E-state index in [1.54, 1.807) is 0 Å². The number of thiophene rings is 1. The fourth-order valence-corrected chi connectivity index (χ4v) is 4.46. The second-order valence-electron chi connectivity index (χ2n) is 5.89. The van der Waals surface area contributed by atoms with E-state index in [0.29, 0.717) is 11.3 Å². The molecule has 2 heterocycles. The van der Waals surface area contributed by atoms with Gasteiger partial charge >= 0.3 is 5.00 Å². The van der Waals surface area contributed by atoms with Crippen LogP contribution in [0.1, 0.15) is 35.0 Å². The third-order valence-corrected chi connectivity index (χ3v) is 6.06. The predicted octanol–water partition coefficient (Wildman–Crippen LogP) is 4.39. The van der Waals surface area contributed by atoms with Crippen LogP contribution in [0.3, 0.4) is 0 Å². The highest BCUT2D eigenvalue weighted by molar-refractivity contribution is 7.17. The molecule has 0 spiro atoms. The number of terminal acetylenes is 1. The highest BCUT2D eigenvalue weighted by atomic mass is 32.1. The lowest BCUT2D eigenvalue weighted by atomic mass is 10.1. The Morgan fingerprint density at radius 3 is 2.81 bits per heavy atom. The number of amides is 1. The zero-order valence-electron chi connectivity index (χ0n) is 14.7. The number of fused-ring (bicyclic) bond motifs is 1. The molecular weight excluding hydrogens is 382 g/mol. The molecule has 0 aliphatic carbocycles. The van der Waals surface area contributed by atoms with Crippen LogP contribution in [0.4, 0.5) is 5.00 Å². The summed E-state index contributed by atoms with van der Waals surface area (Å²) in [5.41, 5.74) is 2.17. The first-order valence-electron chi connectivity index (χ1n) is 8.42. The van der Waals surface area contributed by atoms with Crippen LogP contribution in [0, 0.1) is 22.5 Å². The smallest absolute Gasteiger partial charge is 0.305 e. The first-order valence-corrected chi connectivity index (χ1v) is 10.1. The lowest BCUT2D eigenvalue weighted by molar-refractivity contribution is -0.380. The van der Waals surface area contributed by atoms with Crippen molar-refractivity contribution in [2.75, 3.05) is 0 Å². The minimum Gasteiger partial charge on any atom is -0.305 e. The van der Waals surface area contributed by atoms with Crippen molar-refractivity contribution >= 4 is 43.8 Å². The van der Waals surface area contributed by atoms with Crippen molar-refractivity contribution in [3.05, 3.63) is 55.7 Å². The van der Waals surface area contributed by atoms with E-state index in [0.717, 1.165) is 40.8 Å². The average Bonchev–Trinajstić information content (AvgIpc) is 3.26. The molecule has 3 rings (SSSR count). The lowest BCUT2D eigenvalue weighted by Gasteiger charge is -2.02. The molecule has 0 aliphatic rings. The molecule has 8 heteroatoms. The first-order chi connectivity index (χ1) is 13.0. The van der Waals surface area contributed by atoms with E-state index in [2.05, 4.69) is 30.0 Å². The van der Waals surface area contributed by atoms with E-state index < -0.39 is 10.8 Å². The van der Waals surface area contributed by atoms with Crippen LogP contribution >= 0.6 is 22.7 Å². The summed E-state index contributed by atoms with van der Waals surface area (Å²) in [6.07, 6.45) is 8.74. The molecule has 0 N–H and O–H groups in total. The maximum Gasteiger partial charge on any atom is 0.324 e. The van der Waals surface area contributed by atoms with Crippen LogP contribution in [-0.2, 0) is 13.0 Å². The summed E-state index contributed by atoms with van der Waals surface area (Å²) < 4.78 is 2.84. The monoisotopic (exact) mass is 399 g/mol. The Kier molecular flexibility index (Phi) is 5.84. The van der Waals surface area contributed by atoms with Crippen molar-refractivity contribution in [1.29, 1.82) is 0 Å². The number of unbranched alkanes of at least 4 members (excludes halogenated alkanes) is 1. The molecule has 1 aromatic carbocycles. The third kappa shape index (κ3) is 4.15. The van der Waals surface area contributed by atoms with Gasteiger partial charge in [-0.05, 0) is 36.6 Å². The van der Waals surface area contributed by atoms with Gasteiger partial charge in [0.05, 0.1) is 21.7 Å².